The van der Waals surface area contributed by atoms with E-state index in [4.69, 9.17) is 0 Å². The molecule has 0 spiro atoms. The molecule has 0 aromatic heterocycles. The summed E-state index contributed by atoms with van der Waals surface area (Å²) in [5, 5.41) is 16.9. The Morgan fingerprint density at radius 1 is 1.52 bits per heavy atom. The third-order valence-electron chi connectivity index (χ3n) is 3.72. The molecule has 1 aliphatic heterocycles. The fourth-order valence-electron chi connectivity index (χ4n) is 2.47. The first kappa shape index (κ1) is 17.4. The van der Waals surface area contributed by atoms with Crippen LogP contribution in [0.3, 0.4) is 0 Å². The van der Waals surface area contributed by atoms with Crippen LogP contribution in [-0.2, 0) is 4.79 Å². The number of halogens is 1. The van der Waals surface area contributed by atoms with Crippen molar-refractivity contribution in [2.24, 2.45) is 5.92 Å². The Morgan fingerprint density at radius 2 is 2.29 bits per heavy atom. The maximum absolute atomic E-state index is 11.9. The number of hydrogen-bond donors (Lipinski definition) is 2. The molecule has 21 heavy (non-hydrogen) atoms. The van der Waals surface area contributed by atoms with Gasteiger partial charge in [0.1, 0.15) is 0 Å². The highest BCUT2D eigenvalue weighted by Crippen LogP contribution is 2.25. The molecule has 1 atom stereocenters. The van der Waals surface area contributed by atoms with Crippen molar-refractivity contribution in [3.8, 4) is 0 Å². The average Bonchev–Trinajstić information content (AvgIpc) is 2.91. The number of nitrogens with one attached hydrogen (secondary N) is 2. The van der Waals surface area contributed by atoms with Gasteiger partial charge in [-0.3, -0.25) is 14.9 Å². The van der Waals surface area contributed by atoms with Crippen LogP contribution in [-0.4, -0.2) is 23.9 Å². The number of carbonyl (C=O) groups excluding carboxylic acids is 1. The first-order chi connectivity index (χ1) is 9.58. The highest BCUT2D eigenvalue weighted by molar-refractivity contribution is 5.92. The lowest BCUT2D eigenvalue weighted by molar-refractivity contribution is -0.385. The van der Waals surface area contributed by atoms with E-state index in [0.29, 0.717) is 23.6 Å². The molecule has 116 valence electrons. The van der Waals surface area contributed by atoms with Gasteiger partial charge >= 0.3 is 0 Å². The van der Waals surface area contributed by atoms with Gasteiger partial charge in [0.2, 0.25) is 5.91 Å². The summed E-state index contributed by atoms with van der Waals surface area (Å²) in [6.45, 7) is 3.65. The minimum absolute atomic E-state index is 0. The van der Waals surface area contributed by atoms with Gasteiger partial charge in [-0.15, -0.1) is 12.4 Å². The molecule has 1 aromatic rings. The summed E-state index contributed by atoms with van der Waals surface area (Å²) in [6, 6.07) is 4.72. The Bertz CT molecular complexity index is 516. The van der Waals surface area contributed by atoms with Gasteiger partial charge in [0.15, 0.2) is 0 Å². The standard InChI is InChI=1S/C14H19N3O3.ClH/c1-10-12(3-2-4-13(10)17(19)20)16-14(18)6-5-11-7-8-15-9-11;/h2-4,11,15H,5-9H2,1H3,(H,16,18);1H. The Morgan fingerprint density at radius 3 is 2.90 bits per heavy atom. The van der Waals surface area contributed by atoms with Crippen LogP contribution in [0.2, 0.25) is 0 Å². The second kappa shape index (κ2) is 7.95. The van der Waals surface area contributed by atoms with Gasteiger partial charge in [0.05, 0.1) is 16.2 Å². The van der Waals surface area contributed by atoms with E-state index < -0.39 is 4.92 Å². The van der Waals surface area contributed by atoms with Gasteiger partial charge in [-0.05, 0) is 44.8 Å². The van der Waals surface area contributed by atoms with Crippen molar-refractivity contribution in [1.82, 2.24) is 5.32 Å². The average molecular weight is 314 g/mol. The monoisotopic (exact) mass is 313 g/mol. The topological polar surface area (TPSA) is 84.3 Å². The lowest BCUT2D eigenvalue weighted by Crippen LogP contribution is -2.15. The summed E-state index contributed by atoms with van der Waals surface area (Å²) in [6.07, 6.45) is 2.42. The summed E-state index contributed by atoms with van der Waals surface area (Å²) in [4.78, 5) is 22.3. The van der Waals surface area contributed by atoms with Crippen LogP contribution in [0.1, 0.15) is 24.8 Å². The quantitative estimate of drug-likeness (QED) is 0.646. The predicted octanol–water partition coefficient (Wildman–Crippen LogP) is 2.65. The number of hydrogen-bond acceptors (Lipinski definition) is 4. The molecule has 1 fully saturated rings. The molecule has 0 radical (unpaired) electrons. The Hall–Kier alpha value is -1.66. The molecule has 0 aliphatic carbocycles. The van der Waals surface area contributed by atoms with Crippen molar-refractivity contribution in [3.63, 3.8) is 0 Å². The second-order valence-electron chi connectivity index (χ2n) is 5.15. The molecule has 2 N–H and O–H groups in total. The minimum atomic E-state index is -0.435. The van der Waals surface area contributed by atoms with Crippen molar-refractivity contribution >= 4 is 29.7 Å². The fraction of sp³-hybridized carbons (Fsp3) is 0.500. The van der Waals surface area contributed by atoms with E-state index in [0.717, 1.165) is 25.9 Å². The molecular weight excluding hydrogens is 294 g/mol. The van der Waals surface area contributed by atoms with E-state index in [9.17, 15) is 14.9 Å². The lowest BCUT2D eigenvalue weighted by Gasteiger charge is -2.10. The molecule has 7 heteroatoms. The molecule has 0 bridgehead atoms. The number of carbonyl (C=O) groups is 1. The number of rotatable bonds is 5. The highest BCUT2D eigenvalue weighted by atomic mass is 35.5. The zero-order valence-corrected chi connectivity index (χ0v) is 12.7. The zero-order chi connectivity index (χ0) is 14.5. The van der Waals surface area contributed by atoms with Gasteiger partial charge in [0.25, 0.3) is 5.69 Å². The van der Waals surface area contributed by atoms with Crippen LogP contribution in [0.4, 0.5) is 11.4 Å². The molecule has 2 rings (SSSR count). The molecule has 1 unspecified atom stereocenters. The predicted molar refractivity (Wildman–Crippen MR) is 83.9 cm³/mol. The maximum Gasteiger partial charge on any atom is 0.274 e. The number of anilines is 1. The first-order valence-corrected chi connectivity index (χ1v) is 6.82. The molecule has 1 heterocycles. The van der Waals surface area contributed by atoms with Crippen LogP contribution < -0.4 is 10.6 Å². The van der Waals surface area contributed by atoms with E-state index >= 15 is 0 Å². The Labute approximate surface area is 129 Å². The van der Waals surface area contributed by atoms with Crippen molar-refractivity contribution in [3.05, 3.63) is 33.9 Å². The molecule has 1 aromatic carbocycles. The smallest absolute Gasteiger partial charge is 0.274 e. The first-order valence-electron chi connectivity index (χ1n) is 6.82. The molecule has 6 nitrogen and oxygen atoms in total. The van der Waals surface area contributed by atoms with Crippen molar-refractivity contribution < 1.29 is 9.72 Å². The number of nitro benzene ring substituents is 1. The van der Waals surface area contributed by atoms with Crippen LogP contribution in [0, 0.1) is 23.0 Å². The summed E-state index contributed by atoms with van der Waals surface area (Å²) in [5.74, 6) is 0.479. The van der Waals surface area contributed by atoms with E-state index in [1.54, 1.807) is 19.1 Å². The summed E-state index contributed by atoms with van der Waals surface area (Å²) in [7, 11) is 0. The fourth-order valence-corrected chi connectivity index (χ4v) is 2.47. The number of nitrogens with zero attached hydrogens (tertiary/aromatic N) is 1. The van der Waals surface area contributed by atoms with E-state index in [1.165, 1.54) is 6.07 Å². The normalized spacial score (nSPS) is 17.1. The van der Waals surface area contributed by atoms with Gasteiger partial charge < -0.3 is 10.6 Å². The number of amides is 1. The van der Waals surface area contributed by atoms with E-state index in [1.807, 2.05) is 0 Å². The van der Waals surface area contributed by atoms with Gasteiger partial charge in [-0.1, -0.05) is 6.07 Å². The largest absolute Gasteiger partial charge is 0.326 e. The molecular formula is C14H20ClN3O3. The van der Waals surface area contributed by atoms with E-state index in [-0.39, 0.29) is 24.0 Å². The van der Waals surface area contributed by atoms with E-state index in [2.05, 4.69) is 10.6 Å². The third-order valence-corrected chi connectivity index (χ3v) is 3.72. The molecule has 1 aliphatic rings. The molecule has 1 amide bonds. The van der Waals surface area contributed by atoms with Crippen LogP contribution >= 0.6 is 12.4 Å². The second-order valence-corrected chi connectivity index (χ2v) is 5.15. The number of nitro groups is 1. The third kappa shape index (κ3) is 4.68. The van der Waals surface area contributed by atoms with Crippen molar-refractivity contribution in [1.29, 1.82) is 0 Å². The number of benzene rings is 1. The summed E-state index contributed by atoms with van der Waals surface area (Å²) < 4.78 is 0. The van der Waals surface area contributed by atoms with Crippen LogP contribution in [0.5, 0.6) is 0 Å². The minimum Gasteiger partial charge on any atom is -0.326 e. The molecule has 1 saturated heterocycles. The SMILES string of the molecule is Cc1c(NC(=O)CCC2CCNC2)cccc1[N+](=O)[O-].Cl. The van der Waals surface area contributed by atoms with Crippen molar-refractivity contribution in [2.45, 2.75) is 26.2 Å². The van der Waals surface area contributed by atoms with Gasteiger partial charge in [0, 0.05) is 12.5 Å². The highest BCUT2D eigenvalue weighted by Gasteiger charge is 2.17. The Kier molecular flexibility index (Phi) is 6.58. The van der Waals surface area contributed by atoms with Crippen LogP contribution in [0.15, 0.2) is 18.2 Å². The van der Waals surface area contributed by atoms with Crippen LogP contribution in [0.25, 0.3) is 0 Å². The lowest BCUT2D eigenvalue weighted by atomic mass is 10.0. The van der Waals surface area contributed by atoms with Gasteiger partial charge in [-0.25, -0.2) is 0 Å². The van der Waals surface area contributed by atoms with Crippen molar-refractivity contribution in [2.75, 3.05) is 18.4 Å². The molecule has 0 saturated carbocycles. The van der Waals surface area contributed by atoms with Gasteiger partial charge in [-0.2, -0.15) is 0 Å². The summed E-state index contributed by atoms with van der Waals surface area (Å²) >= 11 is 0. The summed E-state index contributed by atoms with van der Waals surface area (Å²) in [5.41, 5.74) is 1.05. The maximum atomic E-state index is 11.9. The zero-order valence-electron chi connectivity index (χ0n) is 11.9. The Balaban J connectivity index is 0.00000220.